The predicted molar refractivity (Wildman–Crippen MR) is 122 cm³/mol. The van der Waals surface area contributed by atoms with E-state index in [1.807, 2.05) is 0 Å². The number of aryl methyl sites for hydroxylation is 1. The Labute approximate surface area is 167 Å². The normalized spacial score (nSPS) is 12.0. The van der Waals surface area contributed by atoms with Gasteiger partial charge in [0.1, 0.15) is 11.9 Å². The van der Waals surface area contributed by atoms with Crippen LogP contribution in [0.2, 0.25) is 0 Å². The van der Waals surface area contributed by atoms with Crippen LogP contribution in [0.1, 0.15) is 69.4 Å². The standard InChI is InChI=1S/C26H38N/c1-4-5-6-7-8-9-10-14-19-25-20-15-16-21-26(25)27(2,3)23-22-24-17-12-11-13-18-24/h11-13,15-18,20-23H,4-10,14,19H2,1-3H3/q+1. The van der Waals surface area contributed by atoms with Gasteiger partial charge in [-0.2, -0.15) is 0 Å². The van der Waals surface area contributed by atoms with Crippen LogP contribution in [0.5, 0.6) is 0 Å². The third-order valence-electron chi connectivity index (χ3n) is 5.35. The largest absolute Gasteiger partial charge is 0.269 e. The molecular weight excluding hydrogens is 326 g/mol. The van der Waals surface area contributed by atoms with Gasteiger partial charge in [0.2, 0.25) is 0 Å². The van der Waals surface area contributed by atoms with E-state index in [4.69, 9.17) is 0 Å². The maximum Gasteiger partial charge on any atom is 0.140 e. The summed E-state index contributed by atoms with van der Waals surface area (Å²) in [5.41, 5.74) is 4.16. The number of hydrogen-bond acceptors (Lipinski definition) is 0. The molecule has 27 heavy (non-hydrogen) atoms. The number of quaternary nitrogens is 1. The van der Waals surface area contributed by atoms with Gasteiger partial charge in [-0.3, -0.25) is 4.48 Å². The van der Waals surface area contributed by atoms with Crippen LogP contribution in [0, 0.1) is 0 Å². The van der Waals surface area contributed by atoms with E-state index in [2.05, 4.69) is 87.9 Å². The number of unbranched alkanes of at least 4 members (excludes halogenated alkanes) is 7. The van der Waals surface area contributed by atoms with Crippen LogP contribution in [-0.2, 0) is 6.42 Å². The molecule has 0 aliphatic carbocycles. The van der Waals surface area contributed by atoms with Crippen molar-refractivity contribution in [3.05, 3.63) is 71.9 Å². The summed E-state index contributed by atoms with van der Waals surface area (Å²) in [7, 11) is 4.54. The first kappa shape index (κ1) is 21.4. The van der Waals surface area contributed by atoms with Crippen molar-refractivity contribution in [2.45, 2.75) is 64.7 Å². The molecule has 2 aromatic carbocycles. The highest BCUT2D eigenvalue weighted by Gasteiger charge is 2.19. The Hall–Kier alpha value is -1.86. The van der Waals surface area contributed by atoms with E-state index in [9.17, 15) is 0 Å². The lowest BCUT2D eigenvalue weighted by Gasteiger charge is -2.27. The van der Waals surface area contributed by atoms with E-state index in [1.165, 1.54) is 74.6 Å². The maximum absolute atomic E-state index is 2.31. The Morgan fingerprint density at radius 1 is 0.704 bits per heavy atom. The summed E-state index contributed by atoms with van der Waals surface area (Å²) < 4.78 is 0.780. The Bertz CT molecular complexity index is 670. The van der Waals surface area contributed by atoms with Crippen molar-refractivity contribution >= 4 is 11.8 Å². The number of benzene rings is 2. The lowest BCUT2D eigenvalue weighted by molar-refractivity contribution is 0.533. The number of rotatable bonds is 12. The Balaban J connectivity index is 1.89. The second-order valence-corrected chi connectivity index (χ2v) is 8.12. The third kappa shape index (κ3) is 7.72. The summed E-state index contributed by atoms with van der Waals surface area (Å²) >= 11 is 0. The van der Waals surface area contributed by atoms with Crippen LogP contribution in [-0.4, -0.2) is 14.1 Å². The van der Waals surface area contributed by atoms with Gasteiger partial charge in [-0.05, 0) is 30.5 Å². The van der Waals surface area contributed by atoms with E-state index < -0.39 is 0 Å². The zero-order chi connectivity index (χ0) is 19.4. The first-order valence-corrected chi connectivity index (χ1v) is 10.8. The minimum absolute atomic E-state index is 0.780. The van der Waals surface area contributed by atoms with Crippen LogP contribution in [0.25, 0.3) is 6.08 Å². The highest BCUT2D eigenvalue weighted by molar-refractivity contribution is 5.56. The molecule has 0 aliphatic heterocycles. The molecule has 0 N–H and O–H groups in total. The second kappa shape index (κ2) is 11.8. The Morgan fingerprint density at radius 2 is 1.30 bits per heavy atom. The first-order chi connectivity index (χ1) is 13.1. The third-order valence-corrected chi connectivity index (χ3v) is 5.35. The summed E-state index contributed by atoms with van der Waals surface area (Å²) in [5, 5.41) is 0. The smallest absolute Gasteiger partial charge is 0.140 e. The van der Waals surface area contributed by atoms with Gasteiger partial charge < -0.3 is 0 Å². The van der Waals surface area contributed by atoms with Gasteiger partial charge in [0.25, 0.3) is 0 Å². The Morgan fingerprint density at radius 3 is 2.00 bits per heavy atom. The Kier molecular flexibility index (Phi) is 9.35. The average Bonchev–Trinajstić information content (AvgIpc) is 2.69. The van der Waals surface area contributed by atoms with Gasteiger partial charge in [0, 0.05) is 5.56 Å². The van der Waals surface area contributed by atoms with Crippen molar-refractivity contribution in [2.24, 2.45) is 0 Å². The molecule has 0 saturated carbocycles. The fourth-order valence-corrected chi connectivity index (χ4v) is 3.65. The van der Waals surface area contributed by atoms with E-state index in [0.29, 0.717) is 0 Å². The number of para-hydroxylation sites is 1. The van der Waals surface area contributed by atoms with E-state index in [-0.39, 0.29) is 0 Å². The molecule has 0 aromatic heterocycles. The second-order valence-electron chi connectivity index (χ2n) is 8.12. The molecule has 0 fully saturated rings. The SMILES string of the molecule is CCCCCCCCCCc1ccccc1[N+](C)(C)C=Cc1ccccc1. The molecule has 0 saturated heterocycles. The summed E-state index contributed by atoms with van der Waals surface area (Å²) in [4.78, 5) is 0. The zero-order valence-electron chi connectivity index (χ0n) is 17.7. The van der Waals surface area contributed by atoms with Gasteiger partial charge in [0.15, 0.2) is 0 Å². The topological polar surface area (TPSA) is 0 Å². The van der Waals surface area contributed by atoms with E-state index in [0.717, 1.165) is 4.48 Å². The van der Waals surface area contributed by atoms with Gasteiger partial charge in [-0.15, -0.1) is 0 Å². The first-order valence-electron chi connectivity index (χ1n) is 10.8. The molecular formula is C26H38N+. The lowest BCUT2D eigenvalue weighted by Crippen LogP contribution is -2.34. The molecule has 0 heterocycles. The van der Waals surface area contributed by atoms with Gasteiger partial charge in [0.05, 0.1) is 14.1 Å². The molecule has 0 atom stereocenters. The van der Waals surface area contributed by atoms with E-state index in [1.54, 1.807) is 0 Å². The van der Waals surface area contributed by atoms with E-state index >= 15 is 0 Å². The van der Waals surface area contributed by atoms with Crippen LogP contribution >= 0.6 is 0 Å². The monoisotopic (exact) mass is 364 g/mol. The number of hydrogen-bond donors (Lipinski definition) is 0. The highest BCUT2D eigenvalue weighted by atomic mass is 15.3. The van der Waals surface area contributed by atoms with Crippen LogP contribution < -0.4 is 4.48 Å². The molecule has 0 aliphatic rings. The van der Waals surface area contributed by atoms with Gasteiger partial charge in [-0.25, -0.2) is 0 Å². The summed E-state index contributed by atoms with van der Waals surface area (Å²) in [6, 6.07) is 19.5. The number of nitrogens with zero attached hydrogens (tertiary/aromatic N) is 1. The van der Waals surface area contributed by atoms with Gasteiger partial charge >= 0.3 is 0 Å². The minimum atomic E-state index is 0.780. The van der Waals surface area contributed by atoms with Crippen molar-refractivity contribution in [3.8, 4) is 0 Å². The van der Waals surface area contributed by atoms with Crippen LogP contribution in [0.4, 0.5) is 5.69 Å². The van der Waals surface area contributed by atoms with Crippen molar-refractivity contribution < 1.29 is 0 Å². The highest BCUT2D eigenvalue weighted by Crippen LogP contribution is 2.27. The summed E-state index contributed by atoms with van der Waals surface area (Å²) in [6.07, 6.45) is 16.7. The van der Waals surface area contributed by atoms with Crippen molar-refractivity contribution in [3.63, 3.8) is 0 Å². The molecule has 0 radical (unpaired) electrons. The summed E-state index contributed by atoms with van der Waals surface area (Å²) in [5.74, 6) is 0. The van der Waals surface area contributed by atoms with Crippen molar-refractivity contribution in [2.75, 3.05) is 14.1 Å². The molecule has 146 valence electrons. The predicted octanol–water partition coefficient (Wildman–Crippen LogP) is 7.61. The fraction of sp³-hybridized carbons (Fsp3) is 0.462. The lowest BCUT2D eigenvalue weighted by atomic mass is 10.0. The zero-order valence-corrected chi connectivity index (χ0v) is 17.7. The molecule has 0 unspecified atom stereocenters. The minimum Gasteiger partial charge on any atom is -0.269 e. The molecule has 1 nitrogen and oxygen atoms in total. The molecule has 0 bridgehead atoms. The molecule has 2 rings (SSSR count). The van der Waals surface area contributed by atoms with Crippen molar-refractivity contribution in [1.29, 1.82) is 0 Å². The maximum atomic E-state index is 2.31. The molecule has 1 heteroatoms. The molecule has 0 amide bonds. The fourth-order valence-electron chi connectivity index (χ4n) is 3.65. The van der Waals surface area contributed by atoms with Crippen molar-refractivity contribution in [1.82, 2.24) is 4.48 Å². The quantitative estimate of drug-likeness (QED) is 0.268. The average molecular weight is 365 g/mol. The summed E-state index contributed by atoms with van der Waals surface area (Å²) in [6.45, 7) is 2.28. The molecule has 0 spiro atoms. The van der Waals surface area contributed by atoms with Crippen LogP contribution in [0.3, 0.4) is 0 Å². The molecule has 2 aromatic rings. The van der Waals surface area contributed by atoms with Crippen LogP contribution in [0.15, 0.2) is 60.8 Å². The van der Waals surface area contributed by atoms with Gasteiger partial charge in [-0.1, -0.05) is 100 Å².